The second-order valence-corrected chi connectivity index (χ2v) is 12.2. The molecule has 4 aliphatic carbocycles. The third kappa shape index (κ3) is 3.10. The molecule has 0 bridgehead atoms. The van der Waals surface area contributed by atoms with Gasteiger partial charge in [-0.2, -0.15) is 4.98 Å². The Morgan fingerprint density at radius 2 is 1.84 bits per heavy atom. The summed E-state index contributed by atoms with van der Waals surface area (Å²) in [5, 5.41) is 14.6. The van der Waals surface area contributed by atoms with E-state index in [2.05, 4.69) is 41.0 Å². The lowest BCUT2D eigenvalue weighted by atomic mass is 9.47. The molecule has 1 aromatic carbocycles. The molecule has 0 aliphatic heterocycles. The Labute approximate surface area is 199 Å². The molecule has 1 heterocycles. The zero-order valence-corrected chi connectivity index (χ0v) is 20.6. The summed E-state index contributed by atoms with van der Waals surface area (Å²) in [6, 6.07) is 8.12. The highest BCUT2D eigenvalue weighted by Crippen LogP contribution is 2.67. The lowest BCUT2D eigenvalue weighted by Gasteiger charge is -2.57. The van der Waals surface area contributed by atoms with E-state index in [1.807, 2.05) is 24.3 Å². The van der Waals surface area contributed by atoms with Crippen LogP contribution in [0.4, 0.5) is 0 Å². The standard InChI is InChI=1S/C27H33BrN2O2/c1-26-13-11-19(31)15-17(26)5-8-20-21-9-10-23(27(21,2)14-12-22(20)26)25-29-24(30-32-25)16-3-6-18(28)7-4-16/h3-7,19-23,31H,8-15H2,1-2H3/t19-,20-,21-,22-,23+,26-,27-/m0/s1. The zero-order valence-electron chi connectivity index (χ0n) is 19.1. The summed E-state index contributed by atoms with van der Waals surface area (Å²) in [5.74, 6) is 4.12. The maximum absolute atomic E-state index is 10.2. The van der Waals surface area contributed by atoms with Crippen molar-refractivity contribution in [1.82, 2.24) is 10.1 Å². The van der Waals surface area contributed by atoms with Gasteiger partial charge >= 0.3 is 0 Å². The van der Waals surface area contributed by atoms with Crippen LogP contribution in [-0.2, 0) is 0 Å². The summed E-state index contributed by atoms with van der Waals surface area (Å²) < 4.78 is 6.94. The van der Waals surface area contributed by atoms with Crippen molar-refractivity contribution in [3.8, 4) is 11.4 Å². The van der Waals surface area contributed by atoms with Crippen LogP contribution in [0.3, 0.4) is 0 Å². The topological polar surface area (TPSA) is 59.2 Å². The highest BCUT2D eigenvalue weighted by Gasteiger charge is 2.59. The number of hydrogen-bond donors (Lipinski definition) is 1. The minimum absolute atomic E-state index is 0.131. The van der Waals surface area contributed by atoms with Crippen LogP contribution in [0.25, 0.3) is 11.4 Å². The molecule has 5 heteroatoms. The fraction of sp³-hybridized carbons (Fsp3) is 0.630. The molecule has 4 aliphatic rings. The average Bonchev–Trinajstić information content (AvgIpc) is 3.39. The number of aliphatic hydroxyl groups is 1. The number of rotatable bonds is 2. The van der Waals surface area contributed by atoms with Crippen molar-refractivity contribution in [2.24, 2.45) is 28.6 Å². The van der Waals surface area contributed by atoms with Gasteiger partial charge in [-0.3, -0.25) is 0 Å². The molecule has 0 spiro atoms. The number of hydrogen-bond acceptors (Lipinski definition) is 4. The summed E-state index contributed by atoms with van der Waals surface area (Å²) in [5.41, 5.74) is 3.08. The molecule has 0 unspecified atom stereocenters. The van der Waals surface area contributed by atoms with Gasteiger partial charge in [-0.15, -0.1) is 0 Å². The van der Waals surface area contributed by atoms with Gasteiger partial charge in [0, 0.05) is 16.0 Å². The Bertz CT molecular complexity index is 1050. The fourth-order valence-corrected chi connectivity index (χ4v) is 8.40. The van der Waals surface area contributed by atoms with Crippen LogP contribution in [0.15, 0.2) is 44.9 Å². The van der Waals surface area contributed by atoms with E-state index in [4.69, 9.17) is 9.51 Å². The van der Waals surface area contributed by atoms with Gasteiger partial charge in [0.05, 0.1) is 6.10 Å². The number of aromatic nitrogens is 2. The number of allylic oxidation sites excluding steroid dienone is 1. The molecular weight excluding hydrogens is 464 g/mol. The first-order chi connectivity index (χ1) is 15.4. The lowest BCUT2D eigenvalue weighted by molar-refractivity contribution is -0.0432. The molecule has 7 atom stereocenters. The second kappa shape index (κ2) is 7.53. The minimum Gasteiger partial charge on any atom is -0.393 e. The molecule has 3 fully saturated rings. The summed E-state index contributed by atoms with van der Waals surface area (Å²) in [6.45, 7) is 5.00. The third-order valence-corrected chi connectivity index (χ3v) is 10.4. The van der Waals surface area contributed by atoms with Crippen molar-refractivity contribution >= 4 is 15.9 Å². The van der Waals surface area contributed by atoms with Gasteiger partial charge in [0.1, 0.15) is 0 Å². The zero-order chi connectivity index (χ0) is 22.1. The molecule has 170 valence electrons. The van der Waals surface area contributed by atoms with Crippen molar-refractivity contribution in [2.75, 3.05) is 0 Å². The van der Waals surface area contributed by atoms with Crippen LogP contribution in [-0.4, -0.2) is 21.4 Å². The summed E-state index contributed by atoms with van der Waals surface area (Å²) in [6.07, 6.45) is 11.5. The first-order valence-corrected chi connectivity index (χ1v) is 13.1. The van der Waals surface area contributed by atoms with Crippen LogP contribution in [0.2, 0.25) is 0 Å². The van der Waals surface area contributed by atoms with Gasteiger partial charge in [-0.25, -0.2) is 0 Å². The number of halogens is 1. The molecule has 2 aromatic rings. The largest absolute Gasteiger partial charge is 0.393 e. The molecule has 1 aromatic heterocycles. The highest BCUT2D eigenvalue weighted by atomic mass is 79.9. The fourth-order valence-electron chi connectivity index (χ4n) is 8.14. The Balaban J connectivity index is 1.27. The third-order valence-electron chi connectivity index (χ3n) is 9.92. The molecule has 0 radical (unpaired) electrons. The van der Waals surface area contributed by atoms with E-state index >= 15 is 0 Å². The molecule has 3 saturated carbocycles. The number of fused-ring (bicyclic) bond motifs is 5. The maximum Gasteiger partial charge on any atom is 0.230 e. The van der Waals surface area contributed by atoms with E-state index < -0.39 is 0 Å². The Kier molecular flexibility index (Phi) is 4.96. The molecule has 6 rings (SSSR count). The maximum atomic E-state index is 10.2. The van der Waals surface area contributed by atoms with Gasteiger partial charge in [0.15, 0.2) is 0 Å². The first kappa shape index (κ1) is 21.1. The van der Waals surface area contributed by atoms with E-state index in [-0.39, 0.29) is 11.5 Å². The molecule has 0 amide bonds. The van der Waals surface area contributed by atoms with Crippen LogP contribution < -0.4 is 0 Å². The van der Waals surface area contributed by atoms with Crippen molar-refractivity contribution in [1.29, 1.82) is 0 Å². The van der Waals surface area contributed by atoms with Crippen molar-refractivity contribution in [3.05, 3.63) is 46.3 Å². The van der Waals surface area contributed by atoms with Gasteiger partial charge < -0.3 is 9.63 Å². The molecule has 32 heavy (non-hydrogen) atoms. The van der Waals surface area contributed by atoms with Crippen LogP contribution in [0.1, 0.15) is 77.0 Å². The van der Waals surface area contributed by atoms with Crippen LogP contribution in [0, 0.1) is 28.6 Å². The Morgan fingerprint density at radius 3 is 2.66 bits per heavy atom. The van der Waals surface area contributed by atoms with Crippen LogP contribution in [0.5, 0.6) is 0 Å². The molecule has 4 nitrogen and oxygen atoms in total. The van der Waals surface area contributed by atoms with E-state index in [1.54, 1.807) is 5.57 Å². The minimum atomic E-state index is -0.131. The Morgan fingerprint density at radius 1 is 1.03 bits per heavy atom. The monoisotopic (exact) mass is 496 g/mol. The number of aliphatic hydroxyl groups excluding tert-OH is 1. The summed E-state index contributed by atoms with van der Waals surface area (Å²) in [7, 11) is 0. The van der Waals surface area contributed by atoms with Gasteiger partial charge in [0.25, 0.3) is 0 Å². The Hall–Kier alpha value is -1.46. The van der Waals surface area contributed by atoms with E-state index in [9.17, 15) is 5.11 Å². The molecular formula is C27H33BrN2O2. The normalized spacial score (nSPS) is 40.9. The predicted molar refractivity (Wildman–Crippen MR) is 128 cm³/mol. The lowest BCUT2D eigenvalue weighted by Crippen LogP contribution is -2.50. The van der Waals surface area contributed by atoms with Gasteiger partial charge in [-0.05, 0) is 104 Å². The second-order valence-electron chi connectivity index (χ2n) is 11.3. The molecule has 1 N–H and O–H groups in total. The smallest absolute Gasteiger partial charge is 0.230 e. The quantitative estimate of drug-likeness (QED) is 0.458. The van der Waals surface area contributed by atoms with Crippen LogP contribution >= 0.6 is 15.9 Å². The van der Waals surface area contributed by atoms with E-state index in [0.29, 0.717) is 17.2 Å². The summed E-state index contributed by atoms with van der Waals surface area (Å²) >= 11 is 3.50. The number of benzene rings is 1. The van der Waals surface area contributed by atoms with Gasteiger partial charge in [0.2, 0.25) is 11.7 Å². The first-order valence-electron chi connectivity index (χ1n) is 12.4. The highest BCUT2D eigenvalue weighted by molar-refractivity contribution is 9.10. The summed E-state index contributed by atoms with van der Waals surface area (Å²) in [4.78, 5) is 4.89. The van der Waals surface area contributed by atoms with Crippen molar-refractivity contribution in [3.63, 3.8) is 0 Å². The van der Waals surface area contributed by atoms with Crippen molar-refractivity contribution in [2.45, 2.75) is 77.2 Å². The van der Waals surface area contributed by atoms with E-state index in [0.717, 1.165) is 59.4 Å². The van der Waals surface area contributed by atoms with Crippen molar-refractivity contribution < 1.29 is 9.63 Å². The van der Waals surface area contributed by atoms with Gasteiger partial charge in [-0.1, -0.05) is 46.6 Å². The van der Waals surface area contributed by atoms with E-state index in [1.165, 1.54) is 25.7 Å². The average molecular weight is 497 g/mol. The number of nitrogens with zero attached hydrogens (tertiary/aromatic N) is 2. The SMILES string of the molecule is C[C@]12CC[C@H]3[C@@H](CC=C4C[C@@H](O)CC[C@@]43C)[C@@H]1CC[C@@H]2c1nc(-c2ccc(Br)cc2)no1. The predicted octanol–water partition coefficient (Wildman–Crippen LogP) is 6.91. The molecule has 0 saturated heterocycles.